The zero-order valence-corrected chi connectivity index (χ0v) is 13.4. The topological polar surface area (TPSA) is 127 Å². The minimum absolute atomic E-state index is 0.411. The highest BCUT2D eigenvalue weighted by molar-refractivity contribution is 5.78. The van der Waals surface area contributed by atoms with Crippen LogP contribution in [-0.2, 0) is 4.74 Å². The van der Waals surface area contributed by atoms with Crippen LogP contribution in [0, 0.1) is 0 Å². The lowest BCUT2D eigenvalue weighted by Crippen LogP contribution is -2.36. The summed E-state index contributed by atoms with van der Waals surface area (Å²) >= 11 is 0. The van der Waals surface area contributed by atoms with E-state index in [-0.39, 0.29) is 0 Å². The van der Waals surface area contributed by atoms with E-state index in [2.05, 4.69) is 9.97 Å². The Morgan fingerprint density at radius 3 is 2.65 bits per heavy atom. The van der Waals surface area contributed by atoms with Crippen molar-refractivity contribution in [1.29, 1.82) is 0 Å². The lowest BCUT2D eigenvalue weighted by atomic mass is 10.1. The van der Waals surface area contributed by atoms with E-state index in [4.69, 9.17) is 4.74 Å². The Morgan fingerprint density at radius 1 is 1.08 bits per heavy atom. The molecule has 0 aromatic carbocycles. The highest BCUT2D eigenvalue weighted by Gasteiger charge is 2.43. The van der Waals surface area contributed by atoms with E-state index in [1.807, 2.05) is 18.2 Å². The van der Waals surface area contributed by atoms with Crippen LogP contribution >= 0.6 is 0 Å². The van der Waals surface area contributed by atoms with E-state index >= 15 is 0 Å². The quantitative estimate of drug-likeness (QED) is 0.416. The summed E-state index contributed by atoms with van der Waals surface area (Å²) in [5.74, 6) is 0. The van der Waals surface area contributed by atoms with Crippen LogP contribution in [0.15, 0.2) is 41.5 Å². The van der Waals surface area contributed by atoms with Gasteiger partial charge in [-0.05, 0) is 18.2 Å². The maximum Gasteiger partial charge on any atom is 0.337 e. The third-order valence-electron chi connectivity index (χ3n) is 4.74. The Balaban J connectivity index is 1.77. The smallest absolute Gasteiger partial charge is 0.337 e. The van der Waals surface area contributed by atoms with Crippen molar-refractivity contribution >= 4 is 22.6 Å². The number of imidazole rings is 2. The van der Waals surface area contributed by atoms with Gasteiger partial charge in [-0.2, -0.15) is 0 Å². The molecule has 0 bridgehead atoms. The average molecular weight is 357 g/mol. The van der Waals surface area contributed by atoms with Gasteiger partial charge < -0.3 is 20.1 Å². The molecule has 26 heavy (non-hydrogen) atoms. The summed E-state index contributed by atoms with van der Waals surface area (Å²) in [5, 5.41) is 29.4. The standard InChI is InChI=1S/C16H15N5O5/c22-7-8-11(23)12(24)15(26-8)20-6-4-10-18-13-14(21(10)16(20)25)19-5-2-1-3-9(19)17-13/h1-6,8,11-12,15,22-24H,7H2/t8-,11-,12-,15-/m1/s1. The normalized spacial score (nSPS) is 26.4. The van der Waals surface area contributed by atoms with Gasteiger partial charge in [-0.3, -0.25) is 8.97 Å². The van der Waals surface area contributed by atoms with Crippen molar-refractivity contribution in [3.05, 3.63) is 47.1 Å². The summed E-state index contributed by atoms with van der Waals surface area (Å²) in [6.45, 7) is -0.464. The number of fused-ring (bicyclic) bond motifs is 5. The lowest BCUT2D eigenvalue weighted by molar-refractivity contribution is -0.0550. The number of rotatable bonds is 2. The van der Waals surface area contributed by atoms with E-state index < -0.39 is 36.8 Å². The lowest BCUT2D eigenvalue weighted by Gasteiger charge is -2.17. The first-order valence-corrected chi connectivity index (χ1v) is 8.09. The molecule has 4 aromatic heterocycles. The number of aliphatic hydroxyl groups is 3. The van der Waals surface area contributed by atoms with Crippen LogP contribution in [0.4, 0.5) is 0 Å². The monoisotopic (exact) mass is 357 g/mol. The van der Waals surface area contributed by atoms with Crippen LogP contribution in [0.5, 0.6) is 0 Å². The molecule has 1 saturated heterocycles. The van der Waals surface area contributed by atoms with E-state index in [0.717, 1.165) is 0 Å². The van der Waals surface area contributed by atoms with E-state index in [9.17, 15) is 20.1 Å². The summed E-state index contributed by atoms with van der Waals surface area (Å²) in [7, 11) is 0. The van der Waals surface area contributed by atoms with Gasteiger partial charge in [0.1, 0.15) is 29.6 Å². The molecule has 0 amide bonds. The number of pyridine rings is 1. The van der Waals surface area contributed by atoms with Crippen LogP contribution in [-0.4, -0.2) is 63.6 Å². The Kier molecular flexibility index (Phi) is 3.18. The first kappa shape index (κ1) is 15.5. The van der Waals surface area contributed by atoms with Crippen LogP contribution < -0.4 is 5.69 Å². The van der Waals surface area contributed by atoms with Gasteiger partial charge in [-0.15, -0.1) is 0 Å². The molecular weight excluding hydrogens is 342 g/mol. The summed E-state index contributed by atoms with van der Waals surface area (Å²) in [4.78, 5) is 21.9. The molecule has 0 aliphatic carbocycles. The average Bonchev–Trinajstić information content (AvgIpc) is 3.26. The molecule has 1 aliphatic heterocycles. The van der Waals surface area contributed by atoms with Gasteiger partial charge in [0.2, 0.25) is 0 Å². The zero-order valence-electron chi connectivity index (χ0n) is 13.4. The fourth-order valence-electron chi connectivity index (χ4n) is 3.45. The number of nitrogens with zero attached hydrogens (tertiary/aromatic N) is 5. The minimum Gasteiger partial charge on any atom is -0.394 e. The van der Waals surface area contributed by atoms with Gasteiger partial charge in [-0.25, -0.2) is 19.2 Å². The predicted molar refractivity (Wildman–Crippen MR) is 88.7 cm³/mol. The van der Waals surface area contributed by atoms with Crippen molar-refractivity contribution in [3.8, 4) is 0 Å². The Bertz CT molecular complexity index is 1190. The Labute approximate surface area is 145 Å². The number of hydrogen-bond donors (Lipinski definition) is 3. The SMILES string of the molecule is O=c1n([C@@H]2O[C@H](CO)[C@@H](O)[C@H]2O)ccc2nc3nc4ccccn4c3n12. The van der Waals surface area contributed by atoms with Crippen molar-refractivity contribution in [2.75, 3.05) is 6.61 Å². The van der Waals surface area contributed by atoms with E-state index in [1.165, 1.54) is 15.2 Å². The van der Waals surface area contributed by atoms with Crippen molar-refractivity contribution in [2.45, 2.75) is 24.5 Å². The minimum atomic E-state index is -1.34. The summed E-state index contributed by atoms with van der Waals surface area (Å²) < 4.78 is 9.77. The van der Waals surface area contributed by atoms with Crippen molar-refractivity contribution in [1.82, 2.24) is 23.3 Å². The van der Waals surface area contributed by atoms with E-state index in [1.54, 1.807) is 16.7 Å². The first-order valence-electron chi connectivity index (χ1n) is 8.09. The number of aromatic nitrogens is 5. The Morgan fingerprint density at radius 2 is 1.88 bits per heavy atom. The molecule has 4 atom stereocenters. The molecule has 134 valence electrons. The molecule has 0 spiro atoms. The van der Waals surface area contributed by atoms with Gasteiger partial charge in [0.05, 0.1) is 6.61 Å². The predicted octanol–water partition coefficient (Wildman–Crippen LogP) is -1.09. The molecule has 0 unspecified atom stereocenters. The largest absolute Gasteiger partial charge is 0.394 e. The molecule has 5 rings (SSSR count). The maximum absolute atomic E-state index is 13.1. The summed E-state index contributed by atoms with van der Waals surface area (Å²) in [5.41, 5.74) is 1.50. The van der Waals surface area contributed by atoms with Crippen LogP contribution in [0.2, 0.25) is 0 Å². The van der Waals surface area contributed by atoms with Gasteiger partial charge in [0.15, 0.2) is 17.5 Å². The van der Waals surface area contributed by atoms with Crippen molar-refractivity contribution < 1.29 is 20.1 Å². The van der Waals surface area contributed by atoms with Gasteiger partial charge >= 0.3 is 5.69 Å². The molecule has 0 saturated carbocycles. The molecule has 4 aromatic rings. The van der Waals surface area contributed by atoms with Crippen LogP contribution in [0.25, 0.3) is 22.6 Å². The summed E-state index contributed by atoms with van der Waals surface area (Å²) in [6.07, 6.45) is -1.49. The van der Waals surface area contributed by atoms with E-state index in [0.29, 0.717) is 22.6 Å². The second-order valence-corrected chi connectivity index (χ2v) is 6.23. The van der Waals surface area contributed by atoms with Crippen LogP contribution in [0.3, 0.4) is 0 Å². The third kappa shape index (κ3) is 1.92. The highest BCUT2D eigenvalue weighted by Crippen LogP contribution is 2.28. The zero-order chi connectivity index (χ0) is 18.0. The molecular formula is C16H15N5O5. The van der Waals surface area contributed by atoms with Crippen molar-refractivity contribution in [2.24, 2.45) is 0 Å². The molecule has 1 fully saturated rings. The molecule has 1 aliphatic rings. The Hall–Kier alpha value is -2.79. The molecule has 10 nitrogen and oxygen atoms in total. The summed E-state index contributed by atoms with van der Waals surface area (Å²) in [6, 6.07) is 7.07. The fourth-order valence-corrected chi connectivity index (χ4v) is 3.45. The van der Waals surface area contributed by atoms with Gasteiger partial charge in [-0.1, -0.05) is 6.07 Å². The van der Waals surface area contributed by atoms with Gasteiger partial charge in [0, 0.05) is 12.4 Å². The second kappa shape index (κ2) is 5.35. The molecule has 0 radical (unpaired) electrons. The molecule has 5 heterocycles. The first-order chi connectivity index (χ1) is 12.6. The van der Waals surface area contributed by atoms with Crippen molar-refractivity contribution in [3.63, 3.8) is 0 Å². The number of aliphatic hydroxyl groups excluding tert-OH is 3. The highest BCUT2D eigenvalue weighted by atomic mass is 16.6. The molecule has 3 N–H and O–H groups in total. The second-order valence-electron chi connectivity index (χ2n) is 6.23. The number of ether oxygens (including phenoxy) is 1. The third-order valence-corrected chi connectivity index (χ3v) is 4.74. The van der Waals surface area contributed by atoms with Crippen LogP contribution in [0.1, 0.15) is 6.23 Å². The molecule has 10 heteroatoms. The fraction of sp³-hybridized carbons (Fsp3) is 0.312. The van der Waals surface area contributed by atoms with Gasteiger partial charge in [0.25, 0.3) is 0 Å². The number of hydrogen-bond acceptors (Lipinski definition) is 7. The maximum atomic E-state index is 13.1.